The molecule has 0 saturated heterocycles. The van der Waals surface area contributed by atoms with Crippen LogP contribution in [0.15, 0.2) is 127 Å². The van der Waals surface area contributed by atoms with Gasteiger partial charge >= 0.3 is 0 Å². The molecule has 1 N–H and O–H groups in total. The molecule has 0 saturated carbocycles. The molecule has 0 fully saturated rings. The molecule has 0 aliphatic rings. The van der Waals surface area contributed by atoms with Gasteiger partial charge in [0, 0.05) is 45.7 Å². The molecule has 0 unspecified atom stereocenters. The first-order chi connectivity index (χ1) is 17.5. The van der Waals surface area contributed by atoms with E-state index in [0.29, 0.717) is 0 Å². The fraction of sp³-hybridized carbons (Fsp3) is 0.0909. The Morgan fingerprint density at radius 3 is 2.28 bits per heavy atom. The zero-order valence-corrected chi connectivity index (χ0v) is 22.4. The lowest BCUT2D eigenvalue weighted by Crippen LogP contribution is -2.00. The maximum absolute atomic E-state index is 4.03. The number of para-hydroxylation sites is 1. The largest absolute Gasteiger partial charge is 0.359 e. The lowest BCUT2D eigenvalue weighted by Gasteiger charge is -2.13. The van der Waals surface area contributed by atoms with Crippen molar-refractivity contribution in [1.82, 2.24) is 4.57 Å². The van der Waals surface area contributed by atoms with Gasteiger partial charge in [0.05, 0.1) is 5.52 Å². The van der Waals surface area contributed by atoms with E-state index in [2.05, 4.69) is 132 Å². The van der Waals surface area contributed by atoms with Crippen LogP contribution in [-0.2, 0) is 6.42 Å². The highest BCUT2D eigenvalue weighted by Gasteiger charge is 2.17. The second kappa shape index (κ2) is 11.7. The SMILES string of the molecule is C=C/C=C\C(=C(/C)Nc1ccc2c(c1)c(/C=C(\C)Br)c(CC=C)n2-c1ccccc1)c1ccccc1. The van der Waals surface area contributed by atoms with Crippen molar-refractivity contribution < 1.29 is 0 Å². The Balaban J connectivity index is 1.89. The van der Waals surface area contributed by atoms with Crippen molar-refractivity contribution in [2.75, 3.05) is 5.32 Å². The Bertz CT molecular complexity index is 1460. The number of hydrogen-bond donors (Lipinski definition) is 1. The van der Waals surface area contributed by atoms with Crippen molar-refractivity contribution in [2.45, 2.75) is 20.3 Å². The third-order valence-corrected chi connectivity index (χ3v) is 6.25. The molecule has 2 nitrogen and oxygen atoms in total. The number of halogens is 1. The van der Waals surface area contributed by atoms with Crippen LogP contribution in [0.5, 0.6) is 0 Å². The van der Waals surface area contributed by atoms with Crippen molar-refractivity contribution in [3.05, 3.63) is 143 Å². The van der Waals surface area contributed by atoms with E-state index in [4.69, 9.17) is 0 Å². The number of allylic oxidation sites excluding steroid dienone is 7. The van der Waals surface area contributed by atoms with Crippen molar-refractivity contribution >= 4 is 44.2 Å². The molecule has 1 heterocycles. The summed E-state index contributed by atoms with van der Waals surface area (Å²) in [5.41, 5.74) is 9.12. The zero-order valence-electron chi connectivity index (χ0n) is 20.8. The maximum atomic E-state index is 4.03. The lowest BCUT2D eigenvalue weighted by atomic mass is 10.0. The van der Waals surface area contributed by atoms with E-state index < -0.39 is 0 Å². The summed E-state index contributed by atoms with van der Waals surface area (Å²) in [5, 5.41) is 4.84. The molecule has 3 aromatic carbocycles. The second-order valence-corrected chi connectivity index (χ2v) is 9.86. The van der Waals surface area contributed by atoms with E-state index in [9.17, 15) is 0 Å². The van der Waals surface area contributed by atoms with Gasteiger partial charge in [0.15, 0.2) is 0 Å². The molecule has 0 aliphatic carbocycles. The highest BCUT2D eigenvalue weighted by Crippen LogP contribution is 2.35. The van der Waals surface area contributed by atoms with Crippen LogP contribution in [0.25, 0.3) is 28.2 Å². The first kappa shape index (κ1) is 25.3. The molecular formula is C33H31BrN2. The Morgan fingerprint density at radius 2 is 1.64 bits per heavy atom. The van der Waals surface area contributed by atoms with E-state index in [-0.39, 0.29) is 0 Å². The van der Waals surface area contributed by atoms with Crippen LogP contribution in [-0.4, -0.2) is 4.57 Å². The molecule has 0 atom stereocenters. The van der Waals surface area contributed by atoms with E-state index in [1.165, 1.54) is 22.2 Å². The van der Waals surface area contributed by atoms with Gasteiger partial charge in [0.2, 0.25) is 0 Å². The normalized spacial score (nSPS) is 12.6. The van der Waals surface area contributed by atoms with Crippen LogP contribution in [0.3, 0.4) is 0 Å². The van der Waals surface area contributed by atoms with Gasteiger partial charge in [-0.3, -0.25) is 0 Å². The Morgan fingerprint density at radius 1 is 0.944 bits per heavy atom. The molecule has 4 aromatic rings. The van der Waals surface area contributed by atoms with Crippen molar-refractivity contribution in [3.63, 3.8) is 0 Å². The Kier molecular flexibility index (Phi) is 8.24. The minimum atomic E-state index is 0.766. The Labute approximate surface area is 222 Å². The van der Waals surface area contributed by atoms with Gasteiger partial charge in [-0.15, -0.1) is 6.58 Å². The number of fused-ring (bicyclic) bond motifs is 1. The summed E-state index contributed by atoms with van der Waals surface area (Å²) in [6, 6.07) is 27.5. The van der Waals surface area contributed by atoms with Gasteiger partial charge in [-0.25, -0.2) is 0 Å². The number of rotatable bonds is 9. The number of benzene rings is 3. The highest BCUT2D eigenvalue weighted by atomic mass is 79.9. The fourth-order valence-corrected chi connectivity index (χ4v) is 4.75. The summed E-state index contributed by atoms with van der Waals surface area (Å²) in [4.78, 5) is 0. The van der Waals surface area contributed by atoms with Crippen LogP contribution in [0.4, 0.5) is 5.69 Å². The summed E-state index contributed by atoms with van der Waals surface area (Å²) in [6.07, 6.45) is 10.8. The molecule has 0 radical (unpaired) electrons. The smallest absolute Gasteiger partial charge is 0.0539 e. The van der Waals surface area contributed by atoms with E-state index in [0.717, 1.165) is 39.1 Å². The lowest BCUT2D eigenvalue weighted by molar-refractivity contribution is 1.00. The van der Waals surface area contributed by atoms with Crippen LogP contribution >= 0.6 is 15.9 Å². The van der Waals surface area contributed by atoms with Gasteiger partial charge in [-0.05, 0) is 60.3 Å². The van der Waals surface area contributed by atoms with Crippen LogP contribution < -0.4 is 5.32 Å². The standard InChI is InChI=1S/C33H31BrN2/c1-5-7-19-29(26-15-10-8-11-16-26)25(4)35-27-20-21-33-31(23-27)30(22-24(3)34)32(14-6-2)36(33)28-17-12-9-13-18-28/h5-13,15-23,35H,1-2,14H2,3-4H3/b19-7-,24-22+,29-25-. The molecule has 0 bridgehead atoms. The van der Waals surface area contributed by atoms with Gasteiger partial charge in [0.1, 0.15) is 0 Å². The first-order valence-electron chi connectivity index (χ1n) is 12.0. The van der Waals surface area contributed by atoms with Gasteiger partial charge in [-0.2, -0.15) is 0 Å². The van der Waals surface area contributed by atoms with E-state index >= 15 is 0 Å². The van der Waals surface area contributed by atoms with Crippen molar-refractivity contribution in [1.29, 1.82) is 0 Å². The molecule has 36 heavy (non-hydrogen) atoms. The first-order valence-corrected chi connectivity index (χ1v) is 12.8. The highest BCUT2D eigenvalue weighted by molar-refractivity contribution is 9.11. The average molecular weight is 536 g/mol. The van der Waals surface area contributed by atoms with E-state index in [1.807, 2.05) is 24.3 Å². The summed E-state index contributed by atoms with van der Waals surface area (Å²) in [7, 11) is 0. The number of anilines is 1. The van der Waals surface area contributed by atoms with Crippen LogP contribution in [0, 0.1) is 0 Å². The minimum absolute atomic E-state index is 0.766. The Hall–Kier alpha value is -3.82. The molecule has 0 aliphatic heterocycles. The zero-order chi connectivity index (χ0) is 25.5. The topological polar surface area (TPSA) is 17.0 Å². The second-order valence-electron chi connectivity index (χ2n) is 8.61. The number of nitrogens with zero attached hydrogens (tertiary/aromatic N) is 1. The predicted octanol–water partition coefficient (Wildman–Crippen LogP) is 9.70. The quantitative estimate of drug-likeness (QED) is 0.167. The molecule has 3 heteroatoms. The van der Waals surface area contributed by atoms with Gasteiger partial charge < -0.3 is 9.88 Å². The third kappa shape index (κ3) is 5.53. The third-order valence-electron chi connectivity index (χ3n) is 6.02. The maximum Gasteiger partial charge on any atom is 0.0539 e. The number of nitrogens with one attached hydrogen (secondary N) is 1. The molecule has 0 spiro atoms. The van der Waals surface area contributed by atoms with Crippen molar-refractivity contribution in [3.8, 4) is 5.69 Å². The molecule has 0 amide bonds. The van der Waals surface area contributed by atoms with Crippen LogP contribution in [0.1, 0.15) is 30.7 Å². The summed E-state index contributed by atoms with van der Waals surface area (Å²) in [5.74, 6) is 0. The van der Waals surface area contributed by atoms with Gasteiger partial charge in [0.25, 0.3) is 0 Å². The molecular weight excluding hydrogens is 504 g/mol. The predicted molar refractivity (Wildman–Crippen MR) is 162 cm³/mol. The average Bonchev–Trinajstić information content (AvgIpc) is 3.17. The summed E-state index contributed by atoms with van der Waals surface area (Å²) >= 11 is 3.66. The van der Waals surface area contributed by atoms with E-state index in [1.54, 1.807) is 6.08 Å². The number of aromatic nitrogens is 1. The molecule has 180 valence electrons. The molecule has 4 rings (SSSR count). The van der Waals surface area contributed by atoms with Gasteiger partial charge in [-0.1, -0.05) is 95.3 Å². The van der Waals surface area contributed by atoms with Crippen LogP contribution in [0.2, 0.25) is 0 Å². The number of hydrogen-bond acceptors (Lipinski definition) is 1. The fourth-order valence-electron chi connectivity index (χ4n) is 4.52. The minimum Gasteiger partial charge on any atom is -0.359 e. The summed E-state index contributed by atoms with van der Waals surface area (Å²) in [6.45, 7) is 12.1. The molecule has 1 aromatic heterocycles. The van der Waals surface area contributed by atoms with Crippen molar-refractivity contribution in [2.24, 2.45) is 0 Å². The monoisotopic (exact) mass is 534 g/mol. The summed E-state index contributed by atoms with van der Waals surface area (Å²) < 4.78 is 3.42.